The molecular weight excluding hydrogens is 484 g/mol. The first-order chi connectivity index (χ1) is 18.5. The molecule has 1 amide bonds. The van der Waals surface area contributed by atoms with E-state index in [-0.39, 0.29) is 12.2 Å². The summed E-state index contributed by atoms with van der Waals surface area (Å²) in [4.78, 5) is 27.5. The molecular formula is C34H44N2O3. The molecule has 6 rings (SSSR count). The van der Waals surface area contributed by atoms with Gasteiger partial charge in [0.1, 0.15) is 5.60 Å². The van der Waals surface area contributed by atoms with Crippen LogP contribution in [0.4, 0.5) is 10.5 Å². The minimum Gasteiger partial charge on any atom is -0.444 e. The number of ether oxygens (including phenoxy) is 1. The van der Waals surface area contributed by atoms with Gasteiger partial charge in [-0.1, -0.05) is 48.5 Å². The number of rotatable bonds is 9. The van der Waals surface area contributed by atoms with Crippen LogP contribution in [0.3, 0.4) is 0 Å². The molecule has 0 aliphatic heterocycles. The van der Waals surface area contributed by atoms with Crippen molar-refractivity contribution >= 4 is 23.6 Å². The largest absolute Gasteiger partial charge is 0.444 e. The number of amides is 1. The van der Waals surface area contributed by atoms with E-state index in [9.17, 15) is 9.59 Å². The lowest BCUT2D eigenvalue weighted by Crippen LogP contribution is -2.50. The summed E-state index contributed by atoms with van der Waals surface area (Å²) in [5.74, 6) is 2.96. The van der Waals surface area contributed by atoms with Crippen molar-refractivity contribution in [1.29, 1.82) is 0 Å². The van der Waals surface area contributed by atoms with Gasteiger partial charge in [0.25, 0.3) is 0 Å². The summed E-state index contributed by atoms with van der Waals surface area (Å²) in [5, 5.41) is 2.77. The molecule has 0 saturated heterocycles. The molecule has 4 aliphatic carbocycles. The average molecular weight is 529 g/mol. The summed E-state index contributed by atoms with van der Waals surface area (Å²) in [7, 11) is 2.28. The second-order valence-corrected chi connectivity index (χ2v) is 13.6. The third-order valence-corrected chi connectivity index (χ3v) is 8.68. The monoisotopic (exact) mass is 528 g/mol. The number of nitrogens with zero attached hydrogens (tertiary/aromatic N) is 1. The zero-order valence-corrected chi connectivity index (χ0v) is 24.0. The van der Waals surface area contributed by atoms with Gasteiger partial charge in [-0.15, -0.1) is 0 Å². The number of carbonyl (C=O) groups excluding carboxylic acids is 2. The number of hydrogen-bond donors (Lipinski definition) is 1. The molecule has 0 heterocycles. The molecule has 4 bridgehead atoms. The number of allylic oxidation sites excluding steroid dienone is 1. The molecule has 0 atom stereocenters. The molecule has 0 radical (unpaired) electrons. The van der Waals surface area contributed by atoms with Crippen molar-refractivity contribution < 1.29 is 14.3 Å². The van der Waals surface area contributed by atoms with E-state index in [4.69, 9.17) is 4.74 Å². The molecule has 0 aromatic heterocycles. The second kappa shape index (κ2) is 11.3. The van der Waals surface area contributed by atoms with Gasteiger partial charge in [0, 0.05) is 25.2 Å². The van der Waals surface area contributed by atoms with Gasteiger partial charge in [0.2, 0.25) is 0 Å². The predicted molar refractivity (Wildman–Crippen MR) is 157 cm³/mol. The summed E-state index contributed by atoms with van der Waals surface area (Å²) < 4.78 is 5.35. The Labute approximate surface area is 234 Å². The Morgan fingerprint density at radius 2 is 1.59 bits per heavy atom. The lowest BCUT2D eigenvalue weighted by atomic mass is 9.49. The normalized spacial score (nSPS) is 25.8. The van der Waals surface area contributed by atoms with Gasteiger partial charge in [-0.2, -0.15) is 0 Å². The zero-order chi connectivity index (χ0) is 27.6. The smallest absolute Gasteiger partial charge is 0.412 e. The first-order valence-electron chi connectivity index (χ1n) is 14.6. The maximum atomic E-state index is 12.7. The van der Waals surface area contributed by atoms with E-state index in [1.165, 1.54) is 50.6 Å². The Hall–Kier alpha value is -2.92. The maximum absolute atomic E-state index is 12.7. The standard InChI is InChI=1S/C34H44N2O3/c1-33(2,3)39-32(38)35-31-8-6-5-7-29(31)18-30(37)14-13-24-9-11-25(12-10-24)22-36(4)23-34-19-26-15-27(20-34)17-28(16-26)21-34/h5-14,26-28H,15-23H2,1-4H3,(H,35,38)/b14-13+. The predicted octanol–water partition coefficient (Wildman–Crippen LogP) is 7.51. The van der Waals surface area contributed by atoms with Crippen molar-refractivity contribution in [3.8, 4) is 0 Å². The minimum atomic E-state index is -0.586. The first-order valence-corrected chi connectivity index (χ1v) is 14.6. The lowest BCUT2D eigenvalue weighted by Gasteiger charge is -2.57. The zero-order valence-electron chi connectivity index (χ0n) is 24.0. The van der Waals surface area contributed by atoms with Crippen molar-refractivity contribution in [1.82, 2.24) is 4.90 Å². The van der Waals surface area contributed by atoms with E-state index in [1.54, 1.807) is 12.1 Å². The fraction of sp³-hybridized carbons (Fsp3) is 0.529. The summed E-state index contributed by atoms with van der Waals surface area (Å²) >= 11 is 0. The first kappa shape index (κ1) is 27.6. The van der Waals surface area contributed by atoms with E-state index in [1.807, 2.05) is 45.0 Å². The van der Waals surface area contributed by atoms with Crippen LogP contribution in [0.25, 0.3) is 6.08 Å². The number of benzene rings is 2. The van der Waals surface area contributed by atoms with Crippen LogP contribution in [0.1, 0.15) is 76.0 Å². The van der Waals surface area contributed by atoms with Gasteiger partial charge >= 0.3 is 6.09 Å². The van der Waals surface area contributed by atoms with E-state index in [2.05, 4.69) is 41.5 Å². The Morgan fingerprint density at radius 3 is 2.21 bits per heavy atom. The third kappa shape index (κ3) is 7.39. The van der Waals surface area contributed by atoms with Crippen LogP contribution in [-0.2, 0) is 22.5 Å². The highest BCUT2D eigenvalue weighted by Crippen LogP contribution is 2.60. The van der Waals surface area contributed by atoms with Crippen LogP contribution in [0.5, 0.6) is 0 Å². The second-order valence-electron chi connectivity index (χ2n) is 13.6. The molecule has 0 unspecified atom stereocenters. The number of carbonyl (C=O) groups is 2. The van der Waals surface area contributed by atoms with Gasteiger partial charge in [-0.05, 0) is 118 Å². The minimum absolute atomic E-state index is 0.0205. The highest BCUT2D eigenvalue weighted by atomic mass is 16.6. The summed E-state index contributed by atoms with van der Waals surface area (Å²) in [6.07, 6.45) is 12.0. The van der Waals surface area contributed by atoms with Gasteiger partial charge < -0.3 is 9.64 Å². The van der Waals surface area contributed by atoms with Crippen LogP contribution in [0.2, 0.25) is 0 Å². The molecule has 4 aliphatic rings. The van der Waals surface area contributed by atoms with Crippen molar-refractivity contribution in [2.75, 3.05) is 18.9 Å². The lowest BCUT2D eigenvalue weighted by molar-refractivity contribution is -0.113. The van der Waals surface area contributed by atoms with Crippen molar-refractivity contribution in [2.45, 2.75) is 77.9 Å². The summed E-state index contributed by atoms with van der Waals surface area (Å²) in [6, 6.07) is 15.9. The molecule has 5 heteroatoms. The van der Waals surface area contributed by atoms with Crippen LogP contribution < -0.4 is 5.32 Å². The fourth-order valence-corrected chi connectivity index (χ4v) is 7.80. The van der Waals surface area contributed by atoms with Gasteiger partial charge in [-0.3, -0.25) is 10.1 Å². The van der Waals surface area contributed by atoms with Gasteiger partial charge in [-0.25, -0.2) is 4.79 Å². The van der Waals surface area contributed by atoms with E-state index >= 15 is 0 Å². The van der Waals surface area contributed by atoms with Crippen LogP contribution >= 0.6 is 0 Å². The molecule has 208 valence electrons. The summed E-state index contributed by atoms with van der Waals surface area (Å²) in [6.45, 7) is 7.64. The van der Waals surface area contributed by atoms with E-state index in [0.29, 0.717) is 11.1 Å². The van der Waals surface area contributed by atoms with Gasteiger partial charge in [0.15, 0.2) is 5.78 Å². The fourth-order valence-electron chi connectivity index (χ4n) is 7.80. The molecule has 2 aromatic carbocycles. The van der Waals surface area contributed by atoms with Gasteiger partial charge in [0.05, 0.1) is 0 Å². The molecule has 4 fully saturated rings. The molecule has 5 nitrogen and oxygen atoms in total. The van der Waals surface area contributed by atoms with Crippen molar-refractivity contribution in [3.63, 3.8) is 0 Å². The third-order valence-electron chi connectivity index (χ3n) is 8.68. The Kier molecular flexibility index (Phi) is 8.00. The summed E-state index contributed by atoms with van der Waals surface area (Å²) in [5.41, 5.74) is 3.65. The Morgan fingerprint density at radius 1 is 0.974 bits per heavy atom. The average Bonchev–Trinajstić information content (AvgIpc) is 2.82. The highest BCUT2D eigenvalue weighted by Gasteiger charge is 2.50. The topological polar surface area (TPSA) is 58.6 Å². The molecule has 1 N–H and O–H groups in total. The van der Waals surface area contributed by atoms with E-state index < -0.39 is 11.7 Å². The number of ketones is 1. The number of anilines is 1. The SMILES string of the molecule is CN(Cc1ccc(/C=C/C(=O)Cc2ccccc2NC(=O)OC(C)(C)C)cc1)CC12CC3CC(CC(C3)C1)C2. The van der Waals surface area contributed by atoms with E-state index in [0.717, 1.165) is 35.4 Å². The molecule has 4 saturated carbocycles. The van der Waals surface area contributed by atoms with Crippen LogP contribution in [-0.4, -0.2) is 36.0 Å². The number of para-hydroxylation sites is 1. The quantitative estimate of drug-likeness (QED) is 0.342. The number of nitrogens with one attached hydrogen (secondary N) is 1. The number of hydrogen-bond acceptors (Lipinski definition) is 4. The molecule has 2 aromatic rings. The maximum Gasteiger partial charge on any atom is 0.412 e. The Bertz CT molecular complexity index is 1170. The Balaban J connectivity index is 1.12. The van der Waals surface area contributed by atoms with Crippen molar-refractivity contribution in [3.05, 3.63) is 71.3 Å². The molecule has 0 spiro atoms. The van der Waals surface area contributed by atoms with Crippen LogP contribution in [0.15, 0.2) is 54.6 Å². The van der Waals surface area contributed by atoms with Crippen molar-refractivity contribution in [2.24, 2.45) is 23.2 Å². The highest BCUT2D eigenvalue weighted by molar-refractivity contribution is 5.96. The van der Waals surface area contributed by atoms with Crippen LogP contribution in [0, 0.1) is 23.2 Å². The molecule has 39 heavy (non-hydrogen) atoms.